The van der Waals surface area contributed by atoms with Gasteiger partial charge in [-0.05, 0) is 0 Å². The zero-order valence-corrected chi connectivity index (χ0v) is 10.6. The predicted octanol–water partition coefficient (Wildman–Crippen LogP) is -0.0601. The van der Waals surface area contributed by atoms with E-state index in [-0.39, 0.29) is 29.9 Å². The summed E-state index contributed by atoms with van der Waals surface area (Å²) in [7, 11) is 2.87. The number of carbonyl (C=O) groups is 2. The SMILES string of the molecule is COC(=O)[C@H](C)CN(C)C(=O)c1nccnc1N. The topological polar surface area (TPSA) is 98.4 Å². The minimum absolute atomic E-state index is 0.0695. The number of anilines is 1. The van der Waals surface area contributed by atoms with Gasteiger partial charge in [0.1, 0.15) is 0 Å². The summed E-state index contributed by atoms with van der Waals surface area (Å²) in [6, 6.07) is 0. The number of nitrogens with two attached hydrogens (primary N) is 1. The van der Waals surface area contributed by atoms with E-state index in [1.165, 1.54) is 24.4 Å². The second kappa shape index (κ2) is 5.95. The maximum Gasteiger partial charge on any atom is 0.310 e. The Balaban J connectivity index is 2.74. The van der Waals surface area contributed by atoms with Crippen LogP contribution >= 0.6 is 0 Å². The molecule has 0 unspecified atom stereocenters. The first-order valence-corrected chi connectivity index (χ1v) is 5.37. The Morgan fingerprint density at radius 3 is 2.61 bits per heavy atom. The van der Waals surface area contributed by atoms with Crippen molar-refractivity contribution in [2.75, 3.05) is 26.4 Å². The number of nitrogens with zero attached hydrogens (tertiary/aromatic N) is 3. The van der Waals surface area contributed by atoms with E-state index in [0.29, 0.717) is 0 Å². The Morgan fingerprint density at radius 2 is 2.06 bits per heavy atom. The molecular formula is C11H16N4O3. The number of hydrogen-bond acceptors (Lipinski definition) is 6. The van der Waals surface area contributed by atoms with Gasteiger partial charge in [0.2, 0.25) is 0 Å². The molecule has 0 radical (unpaired) electrons. The van der Waals surface area contributed by atoms with E-state index in [2.05, 4.69) is 14.7 Å². The van der Waals surface area contributed by atoms with Crippen LogP contribution in [0.15, 0.2) is 12.4 Å². The van der Waals surface area contributed by atoms with Crippen LogP contribution in [0.1, 0.15) is 17.4 Å². The average molecular weight is 252 g/mol. The van der Waals surface area contributed by atoms with Crippen LogP contribution in [-0.2, 0) is 9.53 Å². The highest BCUT2D eigenvalue weighted by molar-refractivity contribution is 5.96. The van der Waals surface area contributed by atoms with E-state index in [0.717, 1.165) is 0 Å². The van der Waals surface area contributed by atoms with Crippen molar-refractivity contribution in [2.24, 2.45) is 5.92 Å². The second-order valence-electron chi connectivity index (χ2n) is 3.90. The monoisotopic (exact) mass is 252 g/mol. The van der Waals surface area contributed by atoms with Gasteiger partial charge in [0, 0.05) is 26.0 Å². The molecule has 1 aromatic rings. The number of methoxy groups -OCH3 is 1. The predicted molar refractivity (Wildman–Crippen MR) is 64.6 cm³/mol. The van der Waals surface area contributed by atoms with Crippen LogP contribution in [0, 0.1) is 5.92 Å². The lowest BCUT2D eigenvalue weighted by molar-refractivity contribution is -0.145. The van der Waals surface area contributed by atoms with Crippen molar-refractivity contribution in [1.29, 1.82) is 0 Å². The molecule has 7 nitrogen and oxygen atoms in total. The van der Waals surface area contributed by atoms with Crippen molar-refractivity contribution in [1.82, 2.24) is 14.9 Å². The Bertz CT molecular complexity index is 450. The molecule has 0 aromatic carbocycles. The molecular weight excluding hydrogens is 236 g/mol. The fraction of sp³-hybridized carbons (Fsp3) is 0.455. The van der Waals surface area contributed by atoms with E-state index in [9.17, 15) is 9.59 Å². The molecule has 0 saturated heterocycles. The second-order valence-corrected chi connectivity index (χ2v) is 3.90. The molecule has 0 spiro atoms. The molecule has 0 aliphatic rings. The lowest BCUT2D eigenvalue weighted by atomic mass is 10.1. The molecule has 1 atom stereocenters. The highest BCUT2D eigenvalue weighted by Crippen LogP contribution is 2.08. The summed E-state index contributed by atoms with van der Waals surface area (Å²) in [6.45, 7) is 1.90. The fourth-order valence-electron chi connectivity index (χ4n) is 1.46. The zero-order valence-electron chi connectivity index (χ0n) is 10.6. The summed E-state index contributed by atoms with van der Waals surface area (Å²) in [5, 5.41) is 0. The van der Waals surface area contributed by atoms with Gasteiger partial charge < -0.3 is 15.4 Å². The highest BCUT2D eigenvalue weighted by atomic mass is 16.5. The van der Waals surface area contributed by atoms with Crippen LogP contribution in [0.2, 0.25) is 0 Å². The number of hydrogen-bond donors (Lipinski definition) is 1. The summed E-state index contributed by atoms with van der Waals surface area (Å²) in [5.74, 6) is -1.10. The Morgan fingerprint density at radius 1 is 1.44 bits per heavy atom. The molecule has 0 fully saturated rings. The zero-order chi connectivity index (χ0) is 13.7. The lowest BCUT2D eigenvalue weighted by Crippen LogP contribution is -2.35. The molecule has 0 aliphatic heterocycles. The molecule has 0 saturated carbocycles. The van der Waals surface area contributed by atoms with Crippen molar-refractivity contribution in [2.45, 2.75) is 6.92 Å². The quantitative estimate of drug-likeness (QED) is 0.754. The minimum Gasteiger partial charge on any atom is -0.469 e. The summed E-state index contributed by atoms with van der Waals surface area (Å²) in [6.07, 6.45) is 2.80. The van der Waals surface area contributed by atoms with E-state index in [1.54, 1.807) is 14.0 Å². The summed E-state index contributed by atoms with van der Waals surface area (Å²) in [5.41, 5.74) is 5.64. The number of carbonyl (C=O) groups excluding carboxylic acids is 2. The standard InChI is InChI=1S/C11H16N4O3/c1-7(11(17)18-3)6-15(2)10(16)8-9(12)14-5-4-13-8/h4-5,7H,6H2,1-3H3,(H2,12,14)/t7-/m1/s1. The van der Waals surface area contributed by atoms with Crippen LogP contribution in [0.4, 0.5) is 5.82 Å². The number of rotatable bonds is 4. The third-order valence-corrected chi connectivity index (χ3v) is 2.43. The molecule has 1 heterocycles. The first-order valence-electron chi connectivity index (χ1n) is 5.37. The molecule has 18 heavy (non-hydrogen) atoms. The van der Waals surface area contributed by atoms with E-state index in [4.69, 9.17) is 5.73 Å². The number of nitrogen functional groups attached to an aromatic ring is 1. The van der Waals surface area contributed by atoms with Crippen molar-refractivity contribution in [3.63, 3.8) is 0 Å². The van der Waals surface area contributed by atoms with Gasteiger partial charge in [-0.25, -0.2) is 9.97 Å². The molecule has 7 heteroatoms. The number of ether oxygens (including phenoxy) is 1. The van der Waals surface area contributed by atoms with Crippen molar-refractivity contribution >= 4 is 17.7 Å². The van der Waals surface area contributed by atoms with E-state index in [1.807, 2.05) is 0 Å². The van der Waals surface area contributed by atoms with Gasteiger partial charge in [0.25, 0.3) is 5.91 Å². The van der Waals surface area contributed by atoms with Crippen molar-refractivity contribution < 1.29 is 14.3 Å². The maximum absolute atomic E-state index is 12.0. The van der Waals surface area contributed by atoms with Gasteiger partial charge in [-0.1, -0.05) is 6.92 Å². The van der Waals surface area contributed by atoms with Crippen LogP contribution in [0.5, 0.6) is 0 Å². The van der Waals surface area contributed by atoms with Crippen LogP contribution < -0.4 is 5.73 Å². The average Bonchev–Trinajstić information content (AvgIpc) is 2.37. The molecule has 1 amide bonds. The smallest absolute Gasteiger partial charge is 0.310 e. The number of aromatic nitrogens is 2. The van der Waals surface area contributed by atoms with Gasteiger partial charge in [-0.15, -0.1) is 0 Å². The van der Waals surface area contributed by atoms with Crippen LogP contribution in [0.3, 0.4) is 0 Å². The van der Waals surface area contributed by atoms with Gasteiger partial charge in [-0.2, -0.15) is 0 Å². The maximum atomic E-state index is 12.0. The summed E-state index contributed by atoms with van der Waals surface area (Å²) < 4.78 is 4.59. The van der Waals surface area contributed by atoms with Gasteiger partial charge >= 0.3 is 5.97 Å². The molecule has 2 N–H and O–H groups in total. The normalized spacial score (nSPS) is 11.7. The van der Waals surface area contributed by atoms with Crippen molar-refractivity contribution in [3.05, 3.63) is 18.1 Å². The van der Waals surface area contributed by atoms with Crippen LogP contribution in [-0.4, -0.2) is 47.4 Å². The molecule has 0 bridgehead atoms. The number of esters is 1. The molecule has 1 rings (SSSR count). The summed E-state index contributed by atoms with van der Waals surface area (Å²) in [4.78, 5) is 32.3. The van der Waals surface area contributed by atoms with E-state index >= 15 is 0 Å². The number of amides is 1. The Kier molecular flexibility index (Phi) is 4.59. The Hall–Kier alpha value is -2.18. The van der Waals surface area contributed by atoms with Crippen molar-refractivity contribution in [3.8, 4) is 0 Å². The third-order valence-electron chi connectivity index (χ3n) is 2.43. The first kappa shape index (κ1) is 13.9. The van der Waals surface area contributed by atoms with Gasteiger partial charge in [0.05, 0.1) is 13.0 Å². The van der Waals surface area contributed by atoms with Gasteiger partial charge in [0.15, 0.2) is 11.5 Å². The largest absolute Gasteiger partial charge is 0.469 e. The Labute approximate surface area is 105 Å². The fourth-order valence-corrected chi connectivity index (χ4v) is 1.46. The van der Waals surface area contributed by atoms with Crippen LogP contribution in [0.25, 0.3) is 0 Å². The lowest BCUT2D eigenvalue weighted by Gasteiger charge is -2.20. The highest BCUT2D eigenvalue weighted by Gasteiger charge is 2.21. The summed E-state index contributed by atoms with van der Waals surface area (Å²) >= 11 is 0. The molecule has 0 aliphatic carbocycles. The molecule has 1 aromatic heterocycles. The molecule has 98 valence electrons. The van der Waals surface area contributed by atoms with Gasteiger partial charge in [-0.3, -0.25) is 9.59 Å². The van der Waals surface area contributed by atoms with E-state index < -0.39 is 5.92 Å². The first-order chi connectivity index (χ1) is 8.47. The third kappa shape index (κ3) is 3.16. The minimum atomic E-state index is -0.415.